The largest absolute Gasteiger partial charge is 0.481 e. The molecule has 0 spiro atoms. The van der Waals surface area contributed by atoms with Crippen LogP contribution in [-0.4, -0.2) is 34.6 Å². The molecule has 0 unspecified atom stereocenters. The molecule has 2 amide bonds. The highest BCUT2D eigenvalue weighted by Gasteiger charge is 2.28. The van der Waals surface area contributed by atoms with Crippen molar-refractivity contribution in [2.75, 3.05) is 11.9 Å². The Morgan fingerprint density at radius 2 is 1.88 bits per heavy atom. The van der Waals surface area contributed by atoms with E-state index in [1.54, 1.807) is 30.3 Å². The van der Waals surface area contributed by atoms with Gasteiger partial charge < -0.3 is 20.3 Å². The number of nitrogens with one attached hydrogen (secondary N) is 2. The zero-order valence-electron chi connectivity index (χ0n) is 13.3. The number of nitrogens with zero attached hydrogens (tertiary/aromatic N) is 1. The molecule has 3 rings (SSSR count). The molecule has 1 aromatic heterocycles. The van der Waals surface area contributed by atoms with Crippen molar-refractivity contribution in [3.63, 3.8) is 0 Å². The summed E-state index contributed by atoms with van der Waals surface area (Å²) in [6, 6.07) is 7.92. The van der Waals surface area contributed by atoms with Crippen molar-refractivity contribution in [2.45, 2.75) is 25.2 Å². The van der Waals surface area contributed by atoms with Crippen LogP contribution in [0, 0.1) is 0 Å². The van der Waals surface area contributed by atoms with Gasteiger partial charge in [-0.2, -0.15) is 0 Å². The van der Waals surface area contributed by atoms with Crippen LogP contribution in [-0.2, 0) is 4.79 Å². The molecule has 1 aliphatic carbocycles. The lowest BCUT2D eigenvalue weighted by Gasteiger charge is -2.06. The quantitative estimate of drug-likeness (QED) is 0.707. The molecule has 1 fully saturated rings. The van der Waals surface area contributed by atoms with E-state index in [-0.39, 0.29) is 30.5 Å². The molecule has 25 heavy (non-hydrogen) atoms. The maximum absolute atomic E-state index is 12.1. The number of carbonyl (C=O) groups is 3. The first-order chi connectivity index (χ1) is 12.0. The Morgan fingerprint density at radius 1 is 1.16 bits per heavy atom. The third-order valence-corrected chi connectivity index (χ3v) is 3.77. The summed E-state index contributed by atoms with van der Waals surface area (Å²) in [6.07, 6.45) is 1.99. The van der Waals surface area contributed by atoms with E-state index < -0.39 is 5.97 Å². The van der Waals surface area contributed by atoms with Crippen molar-refractivity contribution in [2.24, 2.45) is 0 Å². The topological polar surface area (TPSA) is 122 Å². The molecule has 0 bridgehead atoms. The van der Waals surface area contributed by atoms with Crippen LogP contribution in [0.5, 0.6) is 0 Å². The minimum absolute atomic E-state index is 0.0577. The monoisotopic (exact) mass is 343 g/mol. The summed E-state index contributed by atoms with van der Waals surface area (Å²) in [5.74, 6) is -0.610. The molecule has 1 aliphatic rings. The second kappa shape index (κ2) is 7.16. The molecule has 0 aliphatic heterocycles. The number of hydrogen-bond acceptors (Lipinski definition) is 5. The van der Waals surface area contributed by atoms with Crippen molar-refractivity contribution in [1.82, 2.24) is 10.5 Å². The number of carboxylic acid groups (broad SMARTS) is 1. The van der Waals surface area contributed by atoms with Gasteiger partial charge in [0, 0.05) is 29.8 Å². The third-order valence-electron chi connectivity index (χ3n) is 3.77. The van der Waals surface area contributed by atoms with Crippen LogP contribution in [0.4, 0.5) is 5.69 Å². The zero-order chi connectivity index (χ0) is 17.8. The summed E-state index contributed by atoms with van der Waals surface area (Å²) in [5, 5.41) is 17.5. The molecule has 1 heterocycles. The van der Waals surface area contributed by atoms with Crippen LogP contribution in [0.2, 0.25) is 0 Å². The predicted molar refractivity (Wildman–Crippen MR) is 87.5 cm³/mol. The summed E-state index contributed by atoms with van der Waals surface area (Å²) in [5.41, 5.74) is 1.11. The van der Waals surface area contributed by atoms with Gasteiger partial charge in [-0.1, -0.05) is 5.16 Å². The average Bonchev–Trinajstić information content (AvgIpc) is 3.32. The molecular weight excluding hydrogens is 326 g/mol. The number of carbonyl (C=O) groups excluding carboxylic acids is 2. The van der Waals surface area contributed by atoms with E-state index in [2.05, 4.69) is 15.8 Å². The molecule has 1 aromatic carbocycles. The van der Waals surface area contributed by atoms with Gasteiger partial charge in [0.25, 0.3) is 11.8 Å². The predicted octanol–water partition coefficient (Wildman–Crippen LogP) is 2.01. The van der Waals surface area contributed by atoms with Gasteiger partial charge in [-0.05, 0) is 37.1 Å². The van der Waals surface area contributed by atoms with E-state index in [1.807, 2.05) is 0 Å². The van der Waals surface area contributed by atoms with Crippen LogP contribution >= 0.6 is 0 Å². The highest BCUT2D eigenvalue weighted by molar-refractivity contribution is 6.03. The summed E-state index contributed by atoms with van der Waals surface area (Å²) in [7, 11) is 0. The zero-order valence-corrected chi connectivity index (χ0v) is 13.3. The van der Waals surface area contributed by atoms with Gasteiger partial charge in [-0.15, -0.1) is 0 Å². The Kier molecular flexibility index (Phi) is 4.78. The fourth-order valence-corrected chi connectivity index (χ4v) is 2.24. The Labute approximate surface area is 143 Å². The maximum atomic E-state index is 12.1. The summed E-state index contributed by atoms with van der Waals surface area (Å²) in [4.78, 5) is 34.4. The number of anilines is 1. The van der Waals surface area contributed by atoms with E-state index in [9.17, 15) is 14.4 Å². The molecule has 2 aromatic rings. The number of aliphatic carboxylic acids is 1. The van der Waals surface area contributed by atoms with Gasteiger partial charge in [-0.3, -0.25) is 14.4 Å². The van der Waals surface area contributed by atoms with Crippen molar-refractivity contribution < 1.29 is 24.0 Å². The van der Waals surface area contributed by atoms with Crippen LogP contribution in [0.25, 0.3) is 0 Å². The van der Waals surface area contributed by atoms with Gasteiger partial charge in [0.05, 0.1) is 6.42 Å². The third kappa shape index (κ3) is 4.43. The molecule has 8 nitrogen and oxygen atoms in total. The van der Waals surface area contributed by atoms with Crippen LogP contribution in [0.15, 0.2) is 34.9 Å². The van der Waals surface area contributed by atoms with Gasteiger partial charge in [-0.25, -0.2) is 0 Å². The normalized spacial score (nSPS) is 13.3. The van der Waals surface area contributed by atoms with Gasteiger partial charge in [0.15, 0.2) is 5.69 Å². The second-order valence-corrected chi connectivity index (χ2v) is 5.82. The van der Waals surface area contributed by atoms with E-state index in [0.29, 0.717) is 17.2 Å². The maximum Gasteiger partial charge on any atom is 0.305 e. The van der Waals surface area contributed by atoms with Crippen LogP contribution in [0.1, 0.15) is 51.8 Å². The minimum atomic E-state index is -0.976. The highest BCUT2D eigenvalue weighted by atomic mass is 16.5. The van der Waals surface area contributed by atoms with Crippen molar-refractivity contribution in [3.8, 4) is 0 Å². The van der Waals surface area contributed by atoms with E-state index in [0.717, 1.165) is 18.6 Å². The molecule has 0 radical (unpaired) electrons. The lowest BCUT2D eigenvalue weighted by atomic mass is 10.2. The van der Waals surface area contributed by atoms with E-state index >= 15 is 0 Å². The van der Waals surface area contributed by atoms with Gasteiger partial charge >= 0.3 is 5.97 Å². The van der Waals surface area contributed by atoms with Crippen molar-refractivity contribution in [1.29, 1.82) is 0 Å². The number of carboxylic acids is 1. The smallest absolute Gasteiger partial charge is 0.305 e. The van der Waals surface area contributed by atoms with Crippen LogP contribution in [0.3, 0.4) is 0 Å². The van der Waals surface area contributed by atoms with Gasteiger partial charge in [0.1, 0.15) is 5.76 Å². The second-order valence-electron chi connectivity index (χ2n) is 5.82. The number of benzene rings is 1. The molecule has 0 atom stereocenters. The average molecular weight is 343 g/mol. The van der Waals surface area contributed by atoms with Crippen molar-refractivity contribution >= 4 is 23.5 Å². The Morgan fingerprint density at radius 3 is 2.52 bits per heavy atom. The standard InChI is InChI=1S/C17H17N3O5/c21-15(22)7-8-18-16(23)11-3-5-12(6-4-11)19-17(24)13-9-14(25-20-13)10-1-2-10/h3-6,9-10H,1-2,7-8H2,(H,18,23)(H,19,24)(H,21,22). The lowest BCUT2D eigenvalue weighted by Crippen LogP contribution is -2.25. The fraction of sp³-hybridized carbons (Fsp3) is 0.294. The van der Waals surface area contributed by atoms with Crippen molar-refractivity contribution in [3.05, 3.63) is 47.3 Å². The number of rotatable bonds is 7. The molecule has 0 saturated heterocycles. The summed E-state index contributed by atoms with van der Waals surface area (Å²) < 4.78 is 5.15. The molecular formula is C17H17N3O5. The molecule has 130 valence electrons. The van der Waals surface area contributed by atoms with Gasteiger partial charge in [0.2, 0.25) is 0 Å². The Bertz CT molecular complexity index is 793. The highest BCUT2D eigenvalue weighted by Crippen LogP contribution is 2.40. The van der Waals surface area contributed by atoms with E-state index in [1.165, 1.54) is 0 Å². The SMILES string of the molecule is O=C(O)CCNC(=O)c1ccc(NC(=O)c2cc(C3CC3)on2)cc1. The number of amides is 2. The fourth-order valence-electron chi connectivity index (χ4n) is 2.24. The van der Waals surface area contributed by atoms with Crippen LogP contribution < -0.4 is 10.6 Å². The summed E-state index contributed by atoms with van der Waals surface area (Å²) in [6.45, 7) is 0.0577. The van der Waals surface area contributed by atoms with E-state index in [4.69, 9.17) is 9.63 Å². The molecule has 8 heteroatoms. The molecule has 3 N–H and O–H groups in total. The number of hydrogen-bond donors (Lipinski definition) is 3. The lowest BCUT2D eigenvalue weighted by molar-refractivity contribution is -0.136. The first-order valence-corrected chi connectivity index (χ1v) is 7.91. The Hall–Kier alpha value is -3.16. The molecule has 1 saturated carbocycles. The Balaban J connectivity index is 1.55. The first kappa shape index (κ1) is 16.7. The number of aromatic nitrogens is 1. The first-order valence-electron chi connectivity index (χ1n) is 7.91. The minimum Gasteiger partial charge on any atom is -0.481 e. The summed E-state index contributed by atoms with van der Waals surface area (Å²) >= 11 is 0.